The summed E-state index contributed by atoms with van der Waals surface area (Å²) in [6.45, 7) is 0.861. The summed E-state index contributed by atoms with van der Waals surface area (Å²) in [7, 11) is 8.36. The van der Waals surface area contributed by atoms with Crippen molar-refractivity contribution < 1.29 is 0 Å². The summed E-state index contributed by atoms with van der Waals surface area (Å²) in [6.07, 6.45) is 2.02. The van der Waals surface area contributed by atoms with Gasteiger partial charge in [0.2, 0.25) is 0 Å². The molecule has 3 aromatic rings. The number of nitrogens with zero attached hydrogens (tertiary/aromatic N) is 2. The molecular weight excluding hydrogens is 255 g/mol. The molecular formula is C18H15BN2. The van der Waals surface area contributed by atoms with Gasteiger partial charge in [-0.2, -0.15) is 0 Å². The molecule has 0 aliphatic carbocycles. The summed E-state index contributed by atoms with van der Waals surface area (Å²) < 4.78 is 2.32. The Morgan fingerprint density at radius 3 is 2.48 bits per heavy atom. The maximum Gasteiger partial charge on any atom is 0.116 e. The third-order valence-corrected chi connectivity index (χ3v) is 4.03. The summed E-state index contributed by atoms with van der Waals surface area (Å²) in [4.78, 5) is 2.13. The fourth-order valence-corrected chi connectivity index (χ4v) is 3.22. The quantitative estimate of drug-likeness (QED) is 0.614. The first-order valence-electron chi connectivity index (χ1n) is 7.11. The minimum absolute atomic E-state index is 0.838. The van der Waals surface area contributed by atoms with Gasteiger partial charge in [-0.05, 0) is 30.0 Å². The molecule has 0 saturated carbocycles. The van der Waals surface area contributed by atoms with E-state index in [1.165, 1.54) is 27.8 Å². The van der Waals surface area contributed by atoms with Gasteiger partial charge in [-0.3, -0.25) is 0 Å². The fourth-order valence-electron chi connectivity index (χ4n) is 3.22. The number of benzene rings is 2. The van der Waals surface area contributed by atoms with Crippen molar-refractivity contribution in [1.82, 2.24) is 9.47 Å². The first-order valence-corrected chi connectivity index (χ1v) is 7.11. The molecule has 0 saturated heterocycles. The highest BCUT2D eigenvalue weighted by molar-refractivity contribution is 6.44. The van der Waals surface area contributed by atoms with E-state index in [2.05, 4.69) is 65.0 Å². The predicted molar refractivity (Wildman–Crippen MR) is 88.5 cm³/mol. The Bertz CT molecular complexity index is 846. The van der Waals surface area contributed by atoms with Crippen LogP contribution in [0.3, 0.4) is 0 Å². The number of aromatic nitrogens is 1. The molecule has 2 nitrogen and oxygen atoms in total. The van der Waals surface area contributed by atoms with Crippen molar-refractivity contribution in [1.29, 1.82) is 0 Å². The molecule has 0 N–H and O–H groups in total. The third-order valence-electron chi connectivity index (χ3n) is 4.03. The zero-order valence-corrected chi connectivity index (χ0v) is 12.0. The van der Waals surface area contributed by atoms with E-state index < -0.39 is 0 Å². The monoisotopic (exact) mass is 270 g/mol. The fraction of sp³-hybridized carbons (Fsp3) is 0.111. The lowest BCUT2D eigenvalue weighted by Crippen LogP contribution is -2.19. The van der Waals surface area contributed by atoms with Gasteiger partial charge in [-0.15, -0.1) is 0 Å². The molecule has 100 valence electrons. The number of para-hydroxylation sites is 2. The number of fused-ring (bicyclic) bond motifs is 3. The average molecular weight is 270 g/mol. The molecule has 0 bridgehead atoms. The third kappa shape index (κ3) is 1.81. The van der Waals surface area contributed by atoms with E-state index in [9.17, 15) is 0 Å². The minimum Gasteiger partial charge on any atom is -0.375 e. The van der Waals surface area contributed by atoms with Gasteiger partial charge in [0.05, 0.1) is 12.1 Å². The number of rotatable bonds is 1. The molecule has 2 heterocycles. The van der Waals surface area contributed by atoms with Crippen molar-refractivity contribution in [3.8, 4) is 5.69 Å². The Balaban J connectivity index is 2.12. The van der Waals surface area contributed by atoms with Crippen molar-refractivity contribution >= 4 is 24.2 Å². The van der Waals surface area contributed by atoms with Gasteiger partial charge in [0.15, 0.2) is 0 Å². The van der Waals surface area contributed by atoms with E-state index >= 15 is 0 Å². The summed E-state index contributed by atoms with van der Waals surface area (Å²) in [5, 5.41) is 1.22. The minimum atomic E-state index is 0.838. The van der Waals surface area contributed by atoms with Gasteiger partial charge in [0, 0.05) is 23.8 Å². The maximum atomic E-state index is 6.30. The van der Waals surface area contributed by atoms with Crippen LogP contribution >= 0.6 is 0 Å². The Morgan fingerprint density at radius 2 is 1.67 bits per heavy atom. The van der Waals surface area contributed by atoms with Crippen LogP contribution in [0.4, 0.5) is 0 Å². The molecule has 2 radical (unpaired) electrons. The van der Waals surface area contributed by atoms with Crippen molar-refractivity contribution in [3.63, 3.8) is 0 Å². The summed E-state index contributed by atoms with van der Waals surface area (Å²) in [6, 6.07) is 18.9. The summed E-state index contributed by atoms with van der Waals surface area (Å²) in [5.41, 5.74) is 5.65. The molecule has 4 rings (SSSR count). The molecule has 0 amide bonds. The topological polar surface area (TPSA) is 8.17 Å². The molecule has 0 spiro atoms. The maximum absolute atomic E-state index is 6.30. The standard InChI is InChI=1S/C18H15BN2/c1-20-11-15(19)18-14-9-5-6-10-16(14)21(17(18)12-20)13-7-3-2-4-8-13/h2-11H,12H2,1H3. The van der Waals surface area contributed by atoms with Crippen LogP contribution in [-0.4, -0.2) is 24.4 Å². The Labute approximate surface area is 125 Å². The van der Waals surface area contributed by atoms with Crippen molar-refractivity contribution in [2.45, 2.75) is 6.54 Å². The molecule has 0 atom stereocenters. The molecule has 3 heteroatoms. The largest absolute Gasteiger partial charge is 0.375 e. The second-order valence-electron chi connectivity index (χ2n) is 5.51. The Kier molecular flexibility index (Phi) is 2.68. The highest BCUT2D eigenvalue weighted by Gasteiger charge is 2.22. The van der Waals surface area contributed by atoms with Crippen molar-refractivity contribution in [3.05, 3.63) is 72.1 Å². The first-order chi connectivity index (χ1) is 10.3. The molecule has 1 aliphatic rings. The second-order valence-corrected chi connectivity index (χ2v) is 5.51. The normalized spacial score (nSPS) is 14.1. The second kappa shape index (κ2) is 4.56. The molecule has 0 fully saturated rings. The smallest absolute Gasteiger partial charge is 0.116 e. The molecule has 0 unspecified atom stereocenters. The molecule has 21 heavy (non-hydrogen) atoms. The van der Waals surface area contributed by atoms with E-state index in [0.29, 0.717) is 0 Å². The zero-order chi connectivity index (χ0) is 14.4. The van der Waals surface area contributed by atoms with Crippen molar-refractivity contribution in [2.24, 2.45) is 0 Å². The van der Waals surface area contributed by atoms with Crippen molar-refractivity contribution in [2.75, 3.05) is 7.05 Å². The van der Waals surface area contributed by atoms with Crippen LogP contribution in [0.15, 0.2) is 60.8 Å². The lowest BCUT2D eigenvalue weighted by molar-refractivity contribution is 0.437. The number of hydrogen-bond donors (Lipinski definition) is 0. The van der Waals surface area contributed by atoms with Gasteiger partial charge in [0.1, 0.15) is 7.85 Å². The summed E-state index contributed by atoms with van der Waals surface area (Å²) in [5.74, 6) is 0. The van der Waals surface area contributed by atoms with Crippen LogP contribution in [0.1, 0.15) is 11.3 Å². The Morgan fingerprint density at radius 1 is 0.952 bits per heavy atom. The van der Waals surface area contributed by atoms with Crippen LogP contribution < -0.4 is 0 Å². The van der Waals surface area contributed by atoms with Gasteiger partial charge < -0.3 is 9.47 Å². The lowest BCUT2D eigenvalue weighted by Gasteiger charge is -2.24. The first kappa shape index (κ1) is 12.3. The average Bonchev–Trinajstić information content (AvgIpc) is 2.82. The van der Waals surface area contributed by atoms with Crippen LogP contribution in [0.5, 0.6) is 0 Å². The Hall–Kier alpha value is -2.42. The van der Waals surface area contributed by atoms with E-state index in [4.69, 9.17) is 7.85 Å². The van der Waals surface area contributed by atoms with Crippen LogP contribution in [0, 0.1) is 0 Å². The van der Waals surface area contributed by atoms with Crippen LogP contribution in [0.2, 0.25) is 0 Å². The van der Waals surface area contributed by atoms with Gasteiger partial charge in [-0.1, -0.05) is 41.9 Å². The van der Waals surface area contributed by atoms with Crippen LogP contribution in [-0.2, 0) is 6.54 Å². The van der Waals surface area contributed by atoms with Gasteiger partial charge in [0.25, 0.3) is 0 Å². The zero-order valence-electron chi connectivity index (χ0n) is 12.0. The molecule has 1 aromatic heterocycles. The molecule has 2 aromatic carbocycles. The van der Waals surface area contributed by atoms with E-state index in [1.807, 2.05) is 12.3 Å². The van der Waals surface area contributed by atoms with E-state index in [1.54, 1.807) is 0 Å². The molecule has 1 aliphatic heterocycles. The van der Waals surface area contributed by atoms with E-state index in [0.717, 1.165) is 12.0 Å². The SMILES string of the molecule is [B]C1=CN(C)Cc2c1c1ccccc1n2-c1ccccc1. The highest BCUT2D eigenvalue weighted by Crippen LogP contribution is 2.36. The number of hydrogen-bond acceptors (Lipinski definition) is 1. The highest BCUT2D eigenvalue weighted by atomic mass is 15.1. The van der Waals surface area contributed by atoms with Gasteiger partial charge >= 0.3 is 0 Å². The summed E-state index contributed by atoms with van der Waals surface area (Å²) >= 11 is 0. The van der Waals surface area contributed by atoms with Gasteiger partial charge in [-0.25, -0.2) is 0 Å². The van der Waals surface area contributed by atoms with E-state index in [-0.39, 0.29) is 0 Å². The lowest BCUT2D eigenvalue weighted by atomic mass is 9.85. The van der Waals surface area contributed by atoms with Crippen LogP contribution in [0.25, 0.3) is 22.1 Å². The predicted octanol–water partition coefficient (Wildman–Crippen LogP) is 3.54.